The highest BCUT2D eigenvalue weighted by Gasteiger charge is 2.31. The molecule has 1 aromatic rings. The summed E-state index contributed by atoms with van der Waals surface area (Å²) in [6.45, 7) is 2.35. The third kappa shape index (κ3) is 3.73. The summed E-state index contributed by atoms with van der Waals surface area (Å²) in [6.07, 6.45) is 6.88. The van der Waals surface area contributed by atoms with Crippen molar-refractivity contribution in [1.82, 2.24) is 5.32 Å². The molecule has 0 heterocycles. The Balaban J connectivity index is 2.29. The smallest absolute Gasteiger partial charge is 0.0360 e. The van der Waals surface area contributed by atoms with Gasteiger partial charge in [-0.3, -0.25) is 0 Å². The summed E-state index contributed by atoms with van der Waals surface area (Å²) in [4.78, 5) is 0. The molecule has 0 aromatic heterocycles. The Kier molecular flexibility index (Phi) is 6.15. The van der Waals surface area contributed by atoms with Crippen molar-refractivity contribution in [1.29, 1.82) is 0 Å². The molecule has 2 rings (SSSR count). The average molecular weight is 436 g/mol. The number of halogens is 2. The molecule has 0 spiro atoms. The minimum Gasteiger partial charge on any atom is -0.313 e. The molecule has 3 atom stereocenters. The second-order valence-corrected chi connectivity index (χ2v) is 7.65. The van der Waals surface area contributed by atoms with E-state index in [2.05, 4.69) is 76.0 Å². The highest BCUT2D eigenvalue weighted by Crippen LogP contribution is 2.42. The van der Waals surface area contributed by atoms with Gasteiger partial charge in [-0.2, -0.15) is 0 Å². The van der Waals surface area contributed by atoms with Gasteiger partial charge in [0.25, 0.3) is 0 Å². The van der Waals surface area contributed by atoms with E-state index < -0.39 is 0 Å². The van der Waals surface area contributed by atoms with Crippen molar-refractivity contribution in [3.05, 3.63) is 31.8 Å². The van der Waals surface area contributed by atoms with Crippen molar-refractivity contribution >= 4 is 38.5 Å². The Morgan fingerprint density at radius 1 is 1.37 bits per heavy atom. The maximum atomic E-state index is 3.74. The maximum absolute atomic E-state index is 3.74. The largest absolute Gasteiger partial charge is 0.313 e. The van der Waals surface area contributed by atoms with Gasteiger partial charge >= 0.3 is 0 Å². The zero-order chi connectivity index (χ0) is 13.8. The second-order valence-electron chi connectivity index (χ2n) is 5.55. The Bertz CT molecular complexity index is 421. The molecule has 1 aromatic carbocycles. The van der Waals surface area contributed by atoms with Crippen LogP contribution in [0.4, 0.5) is 0 Å². The van der Waals surface area contributed by atoms with Crippen molar-refractivity contribution in [3.63, 3.8) is 0 Å². The van der Waals surface area contributed by atoms with Gasteiger partial charge in [0, 0.05) is 14.1 Å². The lowest BCUT2D eigenvalue weighted by Gasteiger charge is -2.37. The summed E-state index contributed by atoms with van der Waals surface area (Å²) in [7, 11) is 2.11. The quantitative estimate of drug-likeness (QED) is 0.613. The number of nitrogens with one attached hydrogen (secondary N) is 1. The van der Waals surface area contributed by atoms with E-state index in [-0.39, 0.29) is 0 Å². The first-order valence-electron chi connectivity index (χ1n) is 7.29. The van der Waals surface area contributed by atoms with Crippen LogP contribution in [0, 0.1) is 15.4 Å². The van der Waals surface area contributed by atoms with E-state index in [0.717, 1.165) is 11.8 Å². The van der Waals surface area contributed by atoms with Crippen LogP contribution in [0.3, 0.4) is 0 Å². The average Bonchev–Trinajstić information content (AvgIpc) is 2.44. The van der Waals surface area contributed by atoms with Crippen LogP contribution in [0.15, 0.2) is 22.7 Å². The monoisotopic (exact) mass is 435 g/mol. The van der Waals surface area contributed by atoms with Gasteiger partial charge in [0.2, 0.25) is 0 Å². The van der Waals surface area contributed by atoms with E-state index in [4.69, 9.17) is 0 Å². The zero-order valence-corrected chi connectivity index (χ0v) is 15.5. The van der Waals surface area contributed by atoms with E-state index >= 15 is 0 Å². The lowest BCUT2D eigenvalue weighted by atomic mass is 9.72. The van der Waals surface area contributed by atoms with Gasteiger partial charge in [-0.1, -0.05) is 48.5 Å². The number of hydrogen-bond acceptors (Lipinski definition) is 1. The first kappa shape index (κ1) is 15.8. The molecule has 0 bridgehead atoms. The minimum absolute atomic E-state index is 0.481. The molecule has 1 nitrogen and oxygen atoms in total. The maximum Gasteiger partial charge on any atom is 0.0360 e. The van der Waals surface area contributed by atoms with Gasteiger partial charge < -0.3 is 5.32 Å². The molecule has 3 heteroatoms. The SMILES string of the molecule is CCC1CCCCC1C(NC)c1cc(I)ccc1Br. The van der Waals surface area contributed by atoms with Crippen LogP contribution in [0.1, 0.15) is 50.6 Å². The predicted molar refractivity (Wildman–Crippen MR) is 94.4 cm³/mol. The van der Waals surface area contributed by atoms with Crippen LogP contribution in [-0.4, -0.2) is 7.05 Å². The summed E-state index contributed by atoms with van der Waals surface area (Å²) < 4.78 is 2.56. The first-order valence-corrected chi connectivity index (χ1v) is 9.16. The molecule has 0 amide bonds. The lowest BCUT2D eigenvalue weighted by Crippen LogP contribution is -2.32. The van der Waals surface area contributed by atoms with E-state index in [1.807, 2.05) is 0 Å². The molecule has 0 radical (unpaired) electrons. The van der Waals surface area contributed by atoms with Crippen molar-refractivity contribution < 1.29 is 0 Å². The third-order valence-corrected chi connectivity index (χ3v) is 5.92. The van der Waals surface area contributed by atoms with E-state index in [1.54, 1.807) is 0 Å². The van der Waals surface area contributed by atoms with Crippen LogP contribution >= 0.6 is 38.5 Å². The number of hydrogen-bond donors (Lipinski definition) is 1. The molecule has 19 heavy (non-hydrogen) atoms. The van der Waals surface area contributed by atoms with Crippen LogP contribution < -0.4 is 5.32 Å². The molecule has 0 saturated heterocycles. The van der Waals surface area contributed by atoms with Crippen molar-refractivity contribution in [2.75, 3.05) is 7.05 Å². The first-order chi connectivity index (χ1) is 9.17. The van der Waals surface area contributed by atoms with Gasteiger partial charge in [0.05, 0.1) is 0 Å². The lowest BCUT2D eigenvalue weighted by molar-refractivity contribution is 0.180. The molecule has 0 aliphatic heterocycles. The molecule has 1 saturated carbocycles. The molecule has 3 unspecified atom stereocenters. The Morgan fingerprint density at radius 2 is 2.11 bits per heavy atom. The Labute approximate surface area is 139 Å². The summed E-state index contributed by atoms with van der Waals surface area (Å²) in [6, 6.07) is 7.16. The van der Waals surface area contributed by atoms with E-state index in [9.17, 15) is 0 Å². The molecule has 1 fully saturated rings. The van der Waals surface area contributed by atoms with Crippen molar-refractivity contribution in [2.45, 2.75) is 45.1 Å². The molecule has 106 valence electrons. The minimum atomic E-state index is 0.481. The summed E-state index contributed by atoms with van der Waals surface area (Å²) in [5, 5.41) is 3.59. The second kappa shape index (κ2) is 7.41. The van der Waals surface area contributed by atoms with Crippen molar-refractivity contribution in [2.24, 2.45) is 11.8 Å². The highest BCUT2D eigenvalue weighted by atomic mass is 127. The zero-order valence-electron chi connectivity index (χ0n) is 11.8. The van der Waals surface area contributed by atoms with Crippen LogP contribution in [0.5, 0.6) is 0 Å². The Hall–Kier alpha value is 0.390. The van der Waals surface area contributed by atoms with Crippen LogP contribution in [0.2, 0.25) is 0 Å². The van der Waals surface area contributed by atoms with Crippen LogP contribution in [0.25, 0.3) is 0 Å². The standard InChI is InChI=1S/C16H23BrIN/c1-3-11-6-4-5-7-13(11)16(19-2)14-10-12(18)8-9-15(14)17/h8-11,13,16,19H,3-7H2,1-2H3. The fourth-order valence-electron chi connectivity index (χ4n) is 3.54. The van der Waals surface area contributed by atoms with Gasteiger partial charge in [0.1, 0.15) is 0 Å². The predicted octanol–water partition coefficient (Wildman–Crippen LogP) is 5.53. The summed E-state index contributed by atoms with van der Waals surface area (Å²) >= 11 is 6.15. The number of benzene rings is 1. The van der Waals surface area contributed by atoms with Gasteiger partial charge in [-0.15, -0.1) is 0 Å². The van der Waals surface area contributed by atoms with Crippen LogP contribution in [-0.2, 0) is 0 Å². The summed E-state index contributed by atoms with van der Waals surface area (Å²) in [5.74, 6) is 1.65. The molecule has 1 N–H and O–H groups in total. The van der Waals surface area contributed by atoms with E-state index in [1.165, 1.54) is 45.7 Å². The highest BCUT2D eigenvalue weighted by molar-refractivity contribution is 14.1. The summed E-state index contributed by atoms with van der Waals surface area (Å²) in [5.41, 5.74) is 1.43. The van der Waals surface area contributed by atoms with Gasteiger partial charge in [0.15, 0.2) is 0 Å². The fourth-order valence-corrected chi connectivity index (χ4v) is 4.54. The molecule has 1 aliphatic rings. The third-order valence-electron chi connectivity index (χ3n) is 4.52. The number of rotatable bonds is 4. The van der Waals surface area contributed by atoms with E-state index in [0.29, 0.717) is 6.04 Å². The topological polar surface area (TPSA) is 12.0 Å². The van der Waals surface area contributed by atoms with Crippen molar-refractivity contribution in [3.8, 4) is 0 Å². The molecular weight excluding hydrogens is 413 g/mol. The molecule has 1 aliphatic carbocycles. The Morgan fingerprint density at radius 3 is 2.79 bits per heavy atom. The normalized spacial score (nSPS) is 25.3. The molecular formula is C16H23BrIN. The van der Waals surface area contributed by atoms with Gasteiger partial charge in [-0.05, 0) is 71.7 Å². The fraction of sp³-hybridized carbons (Fsp3) is 0.625. The van der Waals surface area contributed by atoms with Gasteiger partial charge in [-0.25, -0.2) is 0 Å².